The molecule has 2 aromatic carbocycles. The third kappa shape index (κ3) is 4.19. The van der Waals surface area contributed by atoms with Gasteiger partial charge in [0.15, 0.2) is 0 Å². The maximum Gasteiger partial charge on any atom is 0.122 e. The lowest BCUT2D eigenvalue weighted by Crippen LogP contribution is -2.36. The van der Waals surface area contributed by atoms with Gasteiger partial charge in [0.1, 0.15) is 5.75 Å². The summed E-state index contributed by atoms with van der Waals surface area (Å²) in [7, 11) is 5.82. The Kier molecular flexibility index (Phi) is 6.17. The van der Waals surface area contributed by atoms with Crippen molar-refractivity contribution in [1.82, 2.24) is 5.32 Å². The molecule has 26 heavy (non-hydrogen) atoms. The van der Waals surface area contributed by atoms with Crippen LogP contribution in [0.3, 0.4) is 0 Å². The zero-order valence-electron chi connectivity index (χ0n) is 16.0. The molecule has 0 aliphatic heterocycles. The van der Waals surface area contributed by atoms with Gasteiger partial charge in [0, 0.05) is 25.8 Å². The lowest BCUT2D eigenvalue weighted by molar-refractivity contribution is 0.230. The Morgan fingerprint density at radius 3 is 2.77 bits per heavy atom. The summed E-state index contributed by atoms with van der Waals surface area (Å²) in [5.41, 5.74) is 4.99. The van der Waals surface area contributed by atoms with E-state index in [1.807, 2.05) is 14.1 Å². The van der Waals surface area contributed by atoms with Crippen LogP contribution in [-0.2, 0) is 12.8 Å². The molecule has 2 aromatic rings. The van der Waals surface area contributed by atoms with E-state index in [0.29, 0.717) is 6.04 Å². The highest BCUT2D eigenvalue weighted by molar-refractivity contribution is 5.48. The molecule has 1 unspecified atom stereocenters. The summed E-state index contributed by atoms with van der Waals surface area (Å²) in [4.78, 5) is 2.09. The van der Waals surface area contributed by atoms with Gasteiger partial charge in [-0.1, -0.05) is 24.3 Å². The minimum atomic E-state index is -0.0490. The molecule has 140 valence electrons. The van der Waals surface area contributed by atoms with Crippen molar-refractivity contribution in [3.05, 3.63) is 59.2 Å². The minimum Gasteiger partial charge on any atom is -0.496 e. The van der Waals surface area contributed by atoms with Crippen molar-refractivity contribution in [3.8, 4) is 5.75 Å². The van der Waals surface area contributed by atoms with E-state index >= 15 is 0 Å². The molecule has 0 saturated heterocycles. The van der Waals surface area contributed by atoms with Crippen molar-refractivity contribution >= 4 is 5.69 Å². The van der Waals surface area contributed by atoms with E-state index in [4.69, 9.17) is 4.74 Å². The third-order valence-electron chi connectivity index (χ3n) is 5.30. The van der Waals surface area contributed by atoms with Gasteiger partial charge in [-0.25, -0.2) is 0 Å². The van der Waals surface area contributed by atoms with Crippen molar-refractivity contribution in [2.75, 3.05) is 32.7 Å². The van der Waals surface area contributed by atoms with Crippen LogP contribution in [0.2, 0.25) is 0 Å². The summed E-state index contributed by atoms with van der Waals surface area (Å²) in [6.07, 6.45) is 4.25. The predicted molar refractivity (Wildman–Crippen MR) is 107 cm³/mol. The SMILES string of the molecule is COc1cccc2c1CCCC(N[C@@H](CO)c1cccc(N(C)C)c1)C2. The van der Waals surface area contributed by atoms with Crippen LogP contribution < -0.4 is 15.0 Å². The summed E-state index contributed by atoms with van der Waals surface area (Å²) in [6, 6.07) is 15.0. The van der Waals surface area contributed by atoms with Crippen LogP contribution in [0.4, 0.5) is 5.69 Å². The third-order valence-corrected chi connectivity index (χ3v) is 5.30. The molecular weight excluding hydrogens is 324 g/mol. The lowest BCUT2D eigenvalue weighted by Gasteiger charge is -2.25. The molecule has 2 atom stereocenters. The zero-order chi connectivity index (χ0) is 18.5. The second-order valence-electron chi connectivity index (χ2n) is 7.28. The Morgan fingerprint density at radius 2 is 2.04 bits per heavy atom. The highest BCUT2D eigenvalue weighted by atomic mass is 16.5. The van der Waals surface area contributed by atoms with E-state index in [9.17, 15) is 5.11 Å². The fraction of sp³-hybridized carbons (Fsp3) is 0.455. The van der Waals surface area contributed by atoms with Crippen molar-refractivity contribution in [2.24, 2.45) is 0 Å². The van der Waals surface area contributed by atoms with Gasteiger partial charge in [0.2, 0.25) is 0 Å². The van der Waals surface area contributed by atoms with Crippen LogP contribution in [0.15, 0.2) is 42.5 Å². The first-order valence-corrected chi connectivity index (χ1v) is 9.41. The standard InChI is InChI=1S/C22H30N2O2/c1-24(2)19-10-4-8-17(14-19)21(15-25)23-18-9-6-11-20-16(13-18)7-5-12-22(20)26-3/h4-5,7-8,10,12,14,18,21,23,25H,6,9,11,13,15H2,1-3H3/t18?,21-/m0/s1. The van der Waals surface area contributed by atoms with Crippen molar-refractivity contribution in [3.63, 3.8) is 0 Å². The monoisotopic (exact) mass is 354 g/mol. The second kappa shape index (κ2) is 8.56. The van der Waals surface area contributed by atoms with Gasteiger partial charge in [0.05, 0.1) is 19.8 Å². The van der Waals surface area contributed by atoms with Crippen LogP contribution in [0.5, 0.6) is 5.75 Å². The number of nitrogens with one attached hydrogen (secondary N) is 1. The van der Waals surface area contributed by atoms with Crippen LogP contribution in [0, 0.1) is 0 Å². The number of hydrogen-bond donors (Lipinski definition) is 2. The maximum absolute atomic E-state index is 9.99. The number of anilines is 1. The Morgan fingerprint density at radius 1 is 1.23 bits per heavy atom. The van der Waals surface area contributed by atoms with Gasteiger partial charge in [0.25, 0.3) is 0 Å². The quantitative estimate of drug-likeness (QED) is 0.781. The van der Waals surface area contributed by atoms with E-state index in [-0.39, 0.29) is 12.6 Å². The van der Waals surface area contributed by atoms with Crippen LogP contribution >= 0.6 is 0 Å². The number of ether oxygens (including phenoxy) is 1. The van der Waals surface area contributed by atoms with Gasteiger partial charge in [-0.2, -0.15) is 0 Å². The number of nitrogens with zero attached hydrogens (tertiary/aromatic N) is 1. The smallest absolute Gasteiger partial charge is 0.122 e. The highest BCUT2D eigenvalue weighted by Crippen LogP contribution is 2.30. The molecule has 1 aliphatic rings. The highest BCUT2D eigenvalue weighted by Gasteiger charge is 2.22. The van der Waals surface area contributed by atoms with Crippen LogP contribution in [-0.4, -0.2) is 39.0 Å². The van der Waals surface area contributed by atoms with Gasteiger partial charge in [-0.3, -0.25) is 0 Å². The topological polar surface area (TPSA) is 44.7 Å². The summed E-state index contributed by atoms with van der Waals surface area (Å²) < 4.78 is 5.55. The van der Waals surface area contributed by atoms with Crippen molar-refractivity contribution < 1.29 is 9.84 Å². The zero-order valence-corrected chi connectivity index (χ0v) is 16.0. The number of hydrogen-bond acceptors (Lipinski definition) is 4. The molecular formula is C22H30N2O2. The van der Waals surface area contributed by atoms with E-state index < -0.39 is 0 Å². The minimum absolute atomic E-state index is 0.0490. The van der Waals surface area contributed by atoms with Gasteiger partial charge >= 0.3 is 0 Å². The molecule has 0 heterocycles. The van der Waals surface area contributed by atoms with Crippen molar-refractivity contribution in [2.45, 2.75) is 37.8 Å². The second-order valence-corrected chi connectivity index (χ2v) is 7.28. The molecule has 2 N–H and O–H groups in total. The van der Waals surface area contributed by atoms with E-state index in [0.717, 1.165) is 42.7 Å². The number of aliphatic hydroxyl groups excluding tert-OH is 1. The average Bonchev–Trinajstić information content (AvgIpc) is 2.87. The molecule has 4 heteroatoms. The first kappa shape index (κ1) is 18.7. The molecule has 1 aliphatic carbocycles. The Bertz CT molecular complexity index is 730. The molecule has 0 spiro atoms. The lowest BCUT2D eigenvalue weighted by atomic mass is 9.99. The first-order chi connectivity index (χ1) is 12.6. The molecule has 0 aromatic heterocycles. The summed E-state index contributed by atoms with van der Waals surface area (Å²) in [5, 5.41) is 13.7. The normalized spacial score (nSPS) is 17.9. The molecule has 0 saturated carbocycles. The number of fused-ring (bicyclic) bond motifs is 1. The first-order valence-electron chi connectivity index (χ1n) is 9.41. The summed E-state index contributed by atoms with van der Waals surface area (Å²) in [5.74, 6) is 1.00. The number of benzene rings is 2. The molecule has 4 nitrogen and oxygen atoms in total. The molecule has 3 rings (SSSR count). The van der Waals surface area contributed by atoms with E-state index in [1.54, 1.807) is 7.11 Å². The summed E-state index contributed by atoms with van der Waals surface area (Å²) >= 11 is 0. The molecule has 0 bridgehead atoms. The summed E-state index contributed by atoms with van der Waals surface area (Å²) in [6.45, 7) is 0.0956. The average molecular weight is 354 g/mol. The van der Waals surface area contributed by atoms with Crippen LogP contribution in [0.25, 0.3) is 0 Å². The number of rotatable bonds is 6. The van der Waals surface area contributed by atoms with Gasteiger partial charge in [-0.05, 0) is 60.6 Å². The van der Waals surface area contributed by atoms with Crippen LogP contribution in [0.1, 0.15) is 35.6 Å². The van der Waals surface area contributed by atoms with E-state index in [2.05, 4.69) is 52.7 Å². The Labute approximate surface area is 156 Å². The molecule has 0 amide bonds. The largest absolute Gasteiger partial charge is 0.496 e. The van der Waals surface area contributed by atoms with Crippen molar-refractivity contribution in [1.29, 1.82) is 0 Å². The number of aliphatic hydroxyl groups is 1. The molecule has 0 fully saturated rings. The van der Waals surface area contributed by atoms with Gasteiger partial charge in [-0.15, -0.1) is 0 Å². The molecule has 0 radical (unpaired) electrons. The number of methoxy groups -OCH3 is 1. The Balaban J connectivity index is 1.77. The fourth-order valence-corrected chi connectivity index (χ4v) is 3.87. The maximum atomic E-state index is 9.99. The Hall–Kier alpha value is -2.04. The van der Waals surface area contributed by atoms with Gasteiger partial charge < -0.3 is 20.1 Å². The van der Waals surface area contributed by atoms with E-state index in [1.165, 1.54) is 11.1 Å². The predicted octanol–water partition coefficient (Wildman–Crippen LogP) is 3.33. The fourth-order valence-electron chi connectivity index (χ4n) is 3.87.